The number of anilines is 3. The molecule has 326 valence electrons. The van der Waals surface area contributed by atoms with E-state index >= 15 is 0 Å². The molecule has 0 radical (unpaired) electrons. The monoisotopic (exact) mass is 880 g/mol. The van der Waals surface area contributed by atoms with Gasteiger partial charge in [0.2, 0.25) is 0 Å². The lowest BCUT2D eigenvalue weighted by Gasteiger charge is -2.35. The molecule has 11 aromatic rings. The van der Waals surface area contributed by atoms with Gasteiger partial charge in [0.1, 0.15) is 0 Å². The van der Waals surface area contributed by atoms with Crippen LogP contribution in [0.5, 0.6) is 0 Å². The van der Waals surface area contributed by atoms with Gasteiger partial charge < -0.3 is 4.90 Å². The van der Waals surface area contributed by atoms with Gasteiger partial charge in [0, 0.05) is 39.0 Å². The van der Waals surface area contributed by atoms with Crippen molar-refractivity contribution in [1.29, 1.82) is 0 Å². The van der Waals surface area contributed by atoms with Gasteiger partial charge in [0.25, 0.3) is 0 Å². The van der Waals surface area contributed by atoms with Gasteiger partial charge in [-0.2, -0.15) is 0 Å². The lowest BCUT2D eigenvalue weighted by molar-refractivity contribution is 0.660. The molecule has 0 saturated heterocycles. The molecule has 69 heavy (non-hydrogen) atoms. The lowest BCUT2D eigenvalue weighted by Crippen LogP contribution is -2.28. The Balaban J connectivity index is 0.992. The highest BCUT2D eigenvalue weighted by Crippen LogP contribution is 2.58. The Bertz CT molecular complexity index is 3690. The van der Waals surface area contributed by atoms with E-state index in [-0.39, 0.29) is 5.41 Å². The minimum absolute atomic E-state index is 0.241. The normalized spacial score (nSPS) is 13.6. The summed E-state index contributed by atoms with van der Waals surface area (Å²) in [6, 6.07) is 93.7. The Morgan fingerprint density at radius 2 is 0.841 bits per heavy atom. The Kier molecular flexibility index (Phi) is 9.45. The first-order chi connectivity index (χ1) is 34.0. The zero-order valence-electron chi connectivity index (χ0n) is 38.6. The van der Waals surface area contributed by atoms with E-state index in [1.54, 1.807) is 0 Å². The van der Waals surface area contributed by atoms with Gasteiger partial charge in [-0.1, -0.05) is 214 Å². The van der Waals surface area contributed by atoms with Crippen LogP contribution in [0.4, 0.5) is 17.1 Å². The average Bonchev–Trinajstić information content (AvgIpc) is 3.84. The molecule has 2 aliphatic carbocycles. The summed E-state index contributed by atoms with van der Waals surface area (Å²) in [7, 11) is 0. The van der Waals surface area contributed by atoms with Gasteiger partial charge >= 0.3 is 0 Å². The van der Waals surface area contributed by atoms with Crippen molar-refractivity contribution >= 4 is 28.0 Å². The zero-order chi connectivity index (χ0) is 46.1. The average molecular weight is 881 g/mol. The van der Waals surface area contributed by atoms with E-state index in [1.165, 1.54) is 66.8 Å². The van der Waals surface area contributed by atoms with Crippen molar-refractivity contribution in [3.8, 4) is 55.8 Å². The molecule has 0 atom stereocenters. The van der Waals surface area contributed by atoms with Crippen molar-refractivity contribution in [2.75, 3.05) is 4.90 Å². The quantitative estimate of drug-likeness (QED) is 0.151. The van der Waals surface area contributed by atoms with Crippen molar-refractivity contribution in [2.45, 2.75) is 24.7 Å². The van der Waals surface area contributed by atoms with Gasteiger partial charge in [-0.15, -0.1) is 0 Å². The summed E-state index contributed by atoms with van der Waals surface area (Å²) in [5, 5.41) is 1.14. The highest BCUT2D eigenvalue weighted by Gasteiger charge is 2.46. The molecule has 0 bridgehead atoms. The molecule has 10 aromatic carbocycles. The van der Waals surface area contributed by atoms with Crippen LogP contribution in [0.3, 0.4) is 0 Å². The van der Waals surface area contributed by atoms with E-state index in [1.807, 2.05) is 0 Å². The van der Waals surface area contributed by atoms with E-state index in [0.717, 1.165) is 50.3 Å². The minimum Gasteiger partial charge on any atom is -0.310 e. The highest BCUT2D eigenvalue weighted by molar-refractivity contribution is 5.95. The molecule has 13 rings (SSSR count). The van der Waals surface area contributed by atoms with Gasteiger partial charge in [-0.25, -0.2) is 4.98 Å². The van der Waals surface area contributed by atoms with E-state index in [9.17, 15) is 0 Å². The van der Waals surface area contributed by atoms with Crippen molar-refractivity contribution in [3.05, 3.63) is 288 Å². The van der Waals surface area contributed by atoms with E-state index < -0.39 is 5.41 Å². The summed E-state index contributed by atoms with van der Waals surface area (Å²) < 4.78 is 0. The number of para-hydroxylation sites is 1. The molecule has 0 N–H and O–H groups in total. The van der Waals surface area contributed by atoms with Crippen molar-refractivity contribution in [1.82, 2.24) is 4.98 Å². The van der Waals surface area contributed by atoms with Crippen molar-refractivity contribution in [2.24, 2.45) is 0 Å². The Hall–Kier alpha value is -8.59. The number of aromatic nitrogens is 1. The van der Waals surface area contributed by atoms with Crippen LogP contribution in [0.15, 0.2) is 255 Å². The smallest absolute Gasteiger partial charge is 0.0788 e. The third kappa shape index (κ3) is 6.44. The Morgan fingerprint density at radius 1 is 0.319 bits per heavy atom. The number of rotatable bonds is 8. The third-order valence-electron chi connectivity index (χ3n) is 14.9. The van der Waals surface area contributed by atoms with Gasteiger partial charge in [0.15, 0.2) is 0 Å². The Labute approximate surface area is 404 Å². The molecule has 0 saturated carbocycles. The predicted molar refractivity (Wildman–Crippen MR) is 288 cm³/mol. The van der Waals surface area contributed by atoms with E-state index in [4.69, 9.17) is 4.98 Å². The van der Waals surface area contributed by atoms with E-state index in [2.05, 4.69) is 274 Å². The highest BCUT2D eigenvalue weighted by atomic mass is 15.1. The number of benzene rings is 10. The van der Waals surface area contributed by atoms with Crippen LogP contribution < -0.4 is 4.90 Å². The summed E-state index contributed by atoms with van der Waals surface area (Å²) in [5.74, 6) is 0. The lowest BCUT2D eigenvalue weighted by atomic mass is 9.67. The molecular formula is C67H48N2. The molecule has 0 spiro atoms. The molecule has 2 heteroatoms. The minimum atomic E-state index is -0.522. The summed E-state index contributed by atoms with van der Waals surface area (Å²) in [5.41, 5.74) is 23.1. The number of pyridine rings is 1. The van der Waals surface area contributed by atoms with Gasteiger partial charge in [-0.05, 0) is 127 Å². The zero-order valence-corrected chi connectivity index (χ0v) is 38.6. The van der Waals surface area contributed by atoms with Crippen molar-refractivity contribution < 1.29 is 0 Å². The third-order valence-corrected chi connectivity index (χ3v) is 14.9. The molecular weight excluding hydrogens is 833 g/mol. The first kappa shape index (κ1) is 40.7. The van der Waals surface area contributed by atoms with Crippen LogP contribution in [-0.4, -0.2) is 4.98 Å². The summed E-state index contributed by atoms with van der Waals surface area (Å²) in [6.45, 7) is 4.75. The fourth-order valence-corrected chi connectivity index (χ4v) is 11.7. The van der Waals surface area contributed by atoms with Gasteiger partial charge in [0.05, 0.1) is 16.6 Å². The van der Waals surface area contributed by atoms with Crippen LogP contribution >= 0.6 is 0 Å². The SMILES string of the molecule is CC1(C)c2ccc(N(c3ccc(-c4ccccc4)cc3)c3ccc4c(c3)C(c3ccccc3)(c3ccccc3)c3ccccc3-4)cc2-c2ccc(-c3nc4ccccc4cc3-c3ccccc3)cc21. The fourth-order valence-electron chi connectivity index (χ4n) is 11.7. The second kappa shape index (κ2) is 16.0. The van der Waals surface area contributed by atoms with Crippen LogP contribution in [0, 0.1) is 0 Å². The number of hydrogen-bond acceptors (Lipinski definition) is 2. The summed E-state index contributed by atoms with van der Waals surface area (Å²) >= 11 is 0. The van der Waals surface area contributed by atoms with E-state index in [0.29, 0.717) is 0 Å². The molecule has 1 heterocycles. The van der Waals surface area contributed by atoms with Gasteiger partial charge in [-0.3, -0.25) is 0 Å². The maximum Gasteiger partial charge on any atom is 0.0788 e. The first-order valence-electron chi connectivity index (χ1n) is 24.0. The van der Waals surface area contributed by atoms with Crippen LogP contribution in [0.2, 0.25) is 0 Å². The number of nitrogens with zero attached hydrogens (tertiary/aromatic N) is 2. The maximum absolute atomic E-state index is 5.35. The largest absolute Gasteiger partial charge is 0.310 e. The second-order valence-electron chi connectivity index (χ2n) is 19.1. The summed E-state index contributed by atoms with van der Waals surface area (Å²) in [6.07, 6.45) is 0. The molecule has 2 nitrogen and oxygen atoms in total. The van der Waals surface area contributed by atoms with Crippen molar-refractivity contribution in [3.63, 3.8) is 0 Å². The first-order valence-corrected chi connectivity index (χ1v) is 24.0. The molecule has 1 aromatic heterocycles. The van der Waals surface area contributed by atoms with Crippen LogP contribution in [0.25, 0.3) is 66.7 Å². The van der Waals surface area contributed by atoms with Crippen LogP contribution in [-0.2, 0) is 10.8 Å². The Morgan fingerprint density at radius 3 is 1.57 bits per heavy atom. The topological polar surface area (TPSA) is 16.1 Å². The maximum atomic E-state index is 5.35. The molecule has 2 aliphatic rings. The molecule has 0 fully saturated rings. The molecule has 0 unspecified atom stereocenters. The molecule has 0 aliphatic heterocycles. The van der Waals surface area contributed by atoms with Crippen LogP contribution in [0.1, 0.15) is 47.2 Å². The number of hydrogen-bond donors (Lipinski definition) is 0. The fraction of sp³-hybridized carbons (Fsp3) is 0.0597. The second-order valence-corrected chi connectivity index (χ2v) is 19.1. The number of fused-ring (bicyclic) bond motifs is 7. The predicted octanol–water partition coefficient (Wildman–Crippen LogP) is 17.4. The molecule has 0 amide bonds. The standard InChI is InChI=1S/C67H48N2/c1-66(2)60-40-37-53(43-59(60)57-38-33-49(42-62(57)66)65-58(47-21-9-4-10-22-47)41-48-23-15-18-30-64(48)68-65)69(52-34-31-46(32-35-52)45-19-7-3-8-20-45)54-36-39-56-55-28-16-17-29-61(55)67(63(56)44-54,50-24-11-5-12-25-50)51-26-13-6-14-27-51/h3-44H,1-2H3. The summed E-state index contributed by atoms with van der Waals surface area (Å²) in [4.78, 5) is 7.82.